The molecule has 8 nitrogen and oxygen atoms in total. The van der Waals surface area contributed by atoms with Crippen molar-refractivity contribution >= 4 is 17.5 Å². The van der Waals surface area contributed by atoms with Crippen molar-refractivity contribution in [2.24, 2.45) is 0 Å². The summed E-state index contributed by atoms with van der Waals surface area (Å²) in [6, 6.07) is 9.62. The predicted octanol–water partition coefficient (Wildman–Crippen LogP) is 3.15. The number of benzene rings is 2. The molecule has 0 bridgehead atoms. The summed E-state index contributed by atoms with van der Waals surface area (Å²) in [6.07, 6.45) is 2.35. The lowest BCUT2D eigenvalue weighted by Gasteiger charge is -2.39. The van der Waals surface area contributed by atoms with Gasteiger partial charge in [-0.15, -0.1) is 0 Å². The molecular formula is C26H32FN3O5. The maximum atomic E-state index is 13.6. The Bertz CT molecular complexity index is 1080. The van der Waals surface area contributed by atoms with Crippen molar-refractivity contribution in [3.05, 3.63) is 47.8 Å². The molecule has 2 aromatic rings. The lowest BCUT2D eigenvalue weighted by molar-refractivity contribution is -0.120. The molecule has 0 saturated carbocycles. The second kappa shape index (κ2) is 10.5. The first-order valence-corrected chi connectivity index (χ1v) is 11.8. The standard InChI is InChI=1S/C26H32FN3O5/c1-17(31)28-21(16-34-25-13-22(33-3)5-6-23(25)29-18(2)32)15-30-10-8-26(9-11-30)14-19-12-20(27)4-7-24(19)35-26/h4-7,12-13,21H,8-11,14-16H2,1-3H3,(H,28,31)(H,29,32)/t21-/m1/s1. The van der Waals surface area contributed by atoms with Crippen LogP contribution in [0.5, 0.6) is 17.2 Å². The Balaban J connectivity index is 1.36. The van der Waals surface area contributed by atoms with Crippen LogP contribution < -0.4 is 24.8 Å². The third-order valence-corrected chi connectivity index (χ3v) is 6.45. The molecule has 2 aromatic carbocycles. The SMILES string of the molecule is COc1ccc(NC(C)=O)c(OC[C@@H](CN2CCC3(CC2)Cc2cc(F)ccc2O3)NC(C)=O)c1. The molecule has 0 radical (unpaired) electrons. The minimum Gasteiger partial charge on any atom is -0.497 e. The normalized spacial score (nSPS) is 17.3. The Kier molecular flexibility index (Phi) is 7.45. The van der Waals surface area contributed by atoms with Crippen LogP contribution in [0.25, 0.3) is 0 Å². The van der Waals surface area contributed by atoms with Gasteiger partial charge in [-0.25, -0.2) is 4.39 Å². The number of rotatable bonds is 8. The molecule has 0 unspecified atom stereocenters. The van der Waals surface area contributed by atoms with Crippen molar-refractivity contribution in [1.82, 2.24) is 10.2 Å². The van der Waals surface area contributed by atoms with Gasteiger partial charge in [-0.05, 0) is 30.3 Å². The van der Waals surface area contributed by atoms with Crippen molar-refractivity contribution in [2.45, 2.75) is 44.8 Å². The van der Waals surface area contributed by atoms with E-state index < -0.39 is 0 Å². The van der Waals surface area contributed by atoms with Crippen LogP contribution in [0, 0.1) is 5.82 Å². The highest BCUT2D eigenvalue weighted by Crippen LogP contribution is 2.41. The Labute approximate surface area is 204 Å². The third-order valence-electron chi connectivity index (χ3n) is 6.45. The van der Waals surface area contributed by atoms with E-state index in [1.54, 1.807) is 37.4 Å². The van der Waals surface area contributed by atoms with Gasteiger partial charge in [0.15, 0.2) is 0 Å². The maximum Gasteiger partial charge on any atom is 0.221 e. The van der Waals surface area contributed by atoms with E-state index in [1.807, 2.05) is 0 Å². The molecule has 2 heterocycles. The molecule has 1 atom stereocenters. The fraction of sp³-hybridized carbons (Fsp3) is 0.462. The van der Waals surface area contributed by atoms with Crippen molar-refractivity contribution in [3.8, 4) is 17.2 Å². The fourth-order valence-electron chi connectivity index (χ4n) is 4.80. The third kappa shape index (κ3) is 6.22. The van der Waals surface area contributed by atoms with Crippen LogP contribution in [0.2, 0.25) is 0 Å². The summed E-state index contributed by atoms with van der Waals surface area (Å²) in [5.41, 5.74) is 1.17. The van der Waals surface area contributed by atoms with Gasteiger partial charge in [0.1, 0.15) is 35.3 Å². The van der Waals surface area contributed by atoms with E-state index in [9.17, 15) is 14.0 Å². The van der Waals surface area contributed by atoms with Crippen LogP contribution in [0.15, 0.2) is 36.4 Å². The van der Waals surface area contributed by atoms with E-state index in [2.05, 4.69) is 15.5 Å². The number of ether oxygens (including phenoxy) is 3. The average molecular weight is 486 g/mol. The van der Waals surface area contributed by atoms with Crippen molar-refractivity contribution in [2.75, 3.05) is 38.7 Å². The highest BCUT2D eigenvalue weighted by atomic mass is 19.1. The lowest BCUT2D eigenvalue weighted by atomic mass is 9.87. The number of nitrogens with zero attached hydrogens (tertiary/aromatic N) is 1. The number of methoxy groups -OCH3 is 1. The largest absolute Gasteiger partial charge is 0.497 e. The van der Waals surface area contributed by atoms with Crippen molar-refractivity contribution in [3.63, 3.8) is 0 Å². The number of carbonyl (C=O) groups is 2. The zero-order chi connectivity index (χ0) is 25.0. The molecular weight excluding hydrogens is 453 g/mol. The van der Waals surface area contributed by atoms with Gasteiger partial charge in [0, 0.05) is 64.4 Å². The molecule has 188 valence electrons. The number of amides is 2. The minimum atomic E-state index is -0.291. The van der Waals surface area contributed by atoms with Crippen LogP contribution in [0.3, 0.4) is 0 Å². The van der Waals surface area contributed by atoms with Crippen molar-refractivity contribution < 1.29 is 28.2 Å². The van der Waals surface area contributed by atoms with Gasteiger partial charge in [0.25, 0.3) is 0 Å². The van der Waals surface area contributed by atoms with Gasteiger partial charge in [-0.2, -0.15) is 0 Å². The van der Waals surface area contributed by atoms with Gasteiger partial charge < -0.3 is 29.7 Å². The van der Waals surface area contributed by atoms with E-state index in [-0.39, 0.29) is 35.9 Å². The van der Waals surface area contributed by atoms with E-state index in [1.165, 1.54) is 19.9 Å². The van der Waals surface area contributed by atoms with E-state index in [0.29, 0.717) is 30.2 Å². The summed E-state index contributed by atoms with van der Waals surface area (Å²) in [4.78, 5) is 25.7. The summed E-state index contributed by atoms with van der Waals surface area (Å²) in [5, 5.41) is 5.73. The number of carbonyl (C=O) groups excluding carboxylic acids is 2. The van der Waals surface area contributed by atoms with Gasteiger partial charge in [-0.3, -0.25) is 9.59 Å². The van der Waals surface area contributed by atoms with E-state index in [0.717, 1.165) is 37.2 Å². The molecule has 9 heteroatoms. The minimum absolute atomic E-state index is 0.142. The van der Waals surface area contributed by atoms with Crippen LogP contribution in [0.1, 0.15) is 32.3 Å². The summed E-state index contributed by atoms with van der Waals surface area (Å²) in [6.45, 7) is 5.33. The molecule has 2 N–H and O–H groups in total. The van der Waals surface area contributed by atoms with Crippen LogP contribution in [-0.4, -0.2) is 61.7 Å². The van der Waals surface area contributed by atoms with Gasteiger partial charge in [-0.1, -0.05) is 0 Å². The van der Waals surface area contributed by atoms with Crippen molar-refractivity contribution in [1.29, 1.82) is 0 Å². The monoisotopic (exact) mass is 485 g/mol. The van der Waals surface area contributed by atoms with Crippen LogP contribution >= 0.6 is 0 Å². The number of likely N-dealkylation sites (tertiary alicyclic amines) is 1. The van der Waals surface area contributed by atoms with Crippen LogP contribution in [-0.2, 0) is 16.0 Å². The molecule has 2 aliphatic heterocycles. The summed E-state index contributed by atoms with van der Waals surface area (Å²) in [7, 11) is 1.56. The lowest BCUT2D eigenvalue weighted by Crippen LogP contribution is -2.52. The highest BCUT2D eigenvalue weighted by Gasteiger charge is 2.42. The van der Waals surface area contributed by atoms with E-state index in [4.69, 9.17) is 14.2 Å². The number of anilines is 1. The second-order valence-electron chi connectivity index (χ2n) is 9.27. The molecule has 0 aliphatic carbocycles. The quantitative estimate of drug-likeness (QED) is 0.597. The molecule has 2 amide bonds. The Morgan fingerprint density at radius 1 is 1.14 bits per heavy atom. The van der Waals surface area contributed by atoms with Gasteiger partial charge in [0.2, 0.25) is 11.8 Å². The number of hydrogen-bond donors (Lipinski definition) is 2. The fourth-order valence-corrected chi connectivity index (χ4v) is 4.80. The van der Waals surface area contributed by atoms with Gasteiger partial charge in [0.05, 0.1) is 18.8 Å². The Morgan fingerprint density at radius 3 is 2.60 bits per heavy atom. The van der Waals surface area contributed by atoms with Crippen LogP contribution in [0.4, 0.5) is 10.1 Å². The molecule has 1 fully saturated rings. The Hall–Kier alpha value is -3.33. The molecule has 1 saturated heterocycles. The number of hydrogen-bond acceptors (Lipinski definition) is 6. The molecule has 1 spiro atoms. The molecule has 35 heavy (non-hydrogen) atoms. The van der Waals surface area contributed by atoms with E-state index >= 15 is 0 Å². The molecule has 2 aliphatic rings. The number of nitrogens with one attached hydrogen (secondary N) is 2. The average Bonchev–Trinajstić information content (AvgIpc) is 3.16. The Morgan fingerprint density at radius 2 is 1.91 bits per heavy atom. The smallest absolute Gasteiger partial charge is 0.221 e. The van der Waals surface area contributed by atoms with Gasteiger partial charge >= 0.3 is 0 Å². The number of fused-ring (bicyclic) bond motifs is 1. The zero-order valence-electron chi connectivity index (χ0n) is 20.4. The number of halogens is 1. The first-order valence-electron chi connectivity index (χ1n) is 11.8. The predicted molar refractivity (Wildman–Crippen MR) is 130 cm³/mol. The highest BCUT2D eigenvalue weighted by molar-refractivity contribution is 5.90. The first-order chi connectivity index (χ1) is 16.7. The molecule has 0 aromatic heterocycles. The summed E-state index contributed by atoms with van der Waals surface area (Å²) < 4.78 is 31.2. The second-order valence-corrected chi connectivity index (χ2v) is 9.27. The topological polar surface area (TPSA) is 89.1 Å². The molecule has 4 rings (SSSR count). The number of piperidine rings is 1. The zero-order valence-corrected chi connectivity index (χ0v) is 20.4. The maximum absolute atomic E-state index is 13.6. The summed E-state index contributed by atoms with van der Waals surface area (Å²) >= 11 is 0. The first kappa shape index (κ1) is 24.8. The summed E-state index contributed by atoms with van der Waals surface area (Å²) in [5.74, 6) is 1.26.